The topological polar surface area (TPSA) is 17.1 Å². The molecular formula is C15H20OSi. The van der Waals surface area contributed by atoms with Crippen molar-refractivity contribution in [1.82, 2.24) is 0 Å². The van der Waals surface area contributed by atoms with E-state index in [2.05, 4.69) is 55.6 Å². The maximum Gasteiger partial charge on any atom is 0.120 e. The lowest BCUT2D eigenvalue weighted by Crippen LogP contribution is -2.45. The van der Waals surface area contributed by atoms with Crippen molar-refractivity contribution in [2.24, 2.45) is 5.92 Å². The Morgan fingerprint density at radius 2 is 1.94 bits per heavy atom. The van der Waals surface area contributed by atoms with Gasteiger partial charge in [0, 0.05) is 6.42 Å². The molecule has 0 saturated carbocycles. The molecular weight excluding hydrogens is 224 g/mol. The molecule has 0 bridgehead atoms. The summed E-state index contributed by atoms with van der Waals surface area (Å²) >= 11 is 0. The molecule has 2 atom stereocenters. The van der Waals surface area contributed by atoms with Gasteiger partial charge in [-0.3, -0.25) is 0 Å². The lowest BCUT2D eigenvalue weighted by Gasteiger charge is -2.29. The zero-order valence-corrected chi connectivity index (χ0v) is 11.6. The zero-order chi connectivity index (χ0) is 12.3. The summed E-state index contributed by atoms with van der Waals surface area (Å²) in [5.74, 6) is 0.480. The highest BCUT2D eigenvalue weighted by atomic mass is 28.3. The van der Waals surface area contributed by atoms with Crippen molar-refractivity contribution >= 4 is 19.5 Å². The fourth-order valence-corrected chi connectivity index (χ4v) is 5.65. The van der Waals surface area contributed by atoms with Gasteiger partial charge in [0.1, 0.15) is 6.29 Å². The Labute approximate surface area is 105 Å². The second kappa shape index (κ2) is 5.01. The van der Waals surface area contributed by atoms with Gasteiger partial charge in [-0.25, -0.2) is 0 Å². The Balaban J connectivity index is 2.13. The van der Waals surface area contributed by atoms with Crippen LogP contribution in [0.15, 0.2) is 42.5 Å². The summed E-state index contributed by atoms with van der Waals surface area (Å²) in [7, 11) is -1.42. The smallest absolute Gasteiger partial charge is 0.120 e. The van der Waals surface area contributed by atoms with Gasteiger partial charge in [0.2, 0.25) is 0 Å². The van der Waals surface area contributed by atoms with Crippen LogP contribution in [0.3, 0.4) is 0 Å². The summed E-state index contributed by atoms with van der Waals surface area (Å²) in [6.45, 7) is 4.86. The number of rotatable bonds is 4. The number of aldehydes is 1. The van der Waals surface area contributed by atoms with Crippen LogP contribution < -0.4 is 5.19 Å². The molecule has 0 N–H and O–H groups in total. The van der Waals surface area contributed by atoms with Crippen LogP contribution in [-0.2, 0) is 4.79 Å². The van der Waals surface area contributed by atoms with E-state index in [0.717, 1.165) is 12.7 Å². The Bertz CT molecular complexity index is 408. The first-order valence-corrected chi connectivity index (χ1v) is 9.40. The van der Waals surface area contributed by atoms with Crippen LogP contribution in [0.2, 0.25) is 18.6 Å². The van der Waals surface area contributed by atoms with Crippen LogP contribution in [0.25, 0.3) is 0 Å². The summed E-state index contributed by atoms with van der Waals surface area (Å²) in [5, 5.41) is 1.52. The minimum Gasteiger partial charge on any atom is -0.303 e. The van der Waals surface area contributed by atoms with E-state index >= 15 is 0 Å². The lowest BCUT2D eigenvalue weighted by atomic mass is 10.1. The highest BCUT2D eigenvalue weighted by molar-refractivity contribution is 6.91. The van der Waals surface area contributed by atoms with Crippen molar-refractivity contribution in [3.63, 3.8) is 0 Å². The minimum atomic E-state index is -1.42. The number of allylic oxidation sites excluding steroid dienone is 2. The molecule has 1 aromatic carbocycles. The zero-order valence-electron chi connectivity index (χ0n) is 10.6. The van der Waals surface area contributed by atoms with E-state index in [1.165, 1.54) is 5.19 Å². The van der Waals surface area contributed by atoms with Gasteiger partial charge in [-0.05, 0) is 17.9 Å². The fraction of sp³-hybridized carbons (Fsp3) is 0.400. The summed E-state index contributed by atoms with van der Waals surface area (Å²) in [6, 6.07) is 10.9. The Kier molecular flexibility index (Phi) is 3.62. The molecule has 0 heterocycles. The van der Waals surface area contributed by atoms with Crippen molar-refractivity contribution in [1.29, 1.82) is 0 Å². The van der Waals surface area contributed by atoms with Crippen molar-refractivity contribution in [3.8, 4) is 0 Å². The van der Waals surface area contributed by atoms with E-state index in [4.69, 9.17) is 0 Å². The number of benzene rings is 1. The number of carbonyl (C=O) groups is 1. The van der Waals surface area contributed by atoms with Gasteiger partial charge in [0.25, 0.3) is 0 Å². The van der Waals surface area contributed by atoms with Crippen LogP contribution in [0.1, 0.15) is 12.8 Å². The second-order valence-electron chi connectivity index (χ2n) is 5.48. The van der Waals surface area contributed by atoms with E-state index in [1.807, 2.05) is 0 Å². The molecule has 0 aromatic heterocycles. The van der Waals surface area contributed by atoms with Gasteiger partial charge >= 0.3 is 0 Å². The molecule has 0 aliphatic heterocycles. The number of hydrogen-bond acceptors (Lipinski definition) is 1. The van der Waals surface area contributed by atoms with Crippen LogP contribution in [-0.4, -0.2) is 14.4 Å². The third-order valence-corrected chi connectivity index (χ3v) is 8.12. The van der Waals surface area contributed by atoms with Gasteiger partial charge in [-0.15, -0.1) is 0 Å². The highest BCUT2D eigenvalue weighted by Crippen LogP contribution is 2.37. The van der Waals surface area contributed by atoms with Gasteiger partial charge in [0.05, 0.1) is 8.07 Å². The summed E-state index contributed by atoms with van der Waals surface area (Å²) in [6.07, 6.45) is 7.50. The van der Waals surface area contributed by atoms with E-state index in [-0.39, 0.29) is 0 Å². The number of hydrogen-bond donors (Lipinski definition) is 0. The maximum absolute atomic E-state index is 10.6. The standard InChI is InChI=1S/C15H20OSi/c1-17(2,14-6-4-3-5-7-14)15-9-8-13(12-15)10-11-16/h3-9,11,13,15H,10,12H2,1-2H3/t13-,15+/m1/s1. The molecule has 17 heavy (non-hydrogen) atoms. The lowest BCUT2D eigenvalue weighted by molar-refractivity contribution is -0.108. The van der Waals surface area contributed by atoms with E-state index in [0.29, 0.717) is 17.9 Å². The molecule has 0 fully saturated rings. The first kappa shape index (κ1) is 12.3. The first-order chi connectivity index (χ1) is 8.14. The SMILES string of the molecule is C[Si](C)(c1ccccc1)[C@H]1C=C[C@H](CC=O)C1. The average molecular weight is 244 g/mol. The van der Waals surface area contributed by atoms with Crippen molar-refractivity contribution in [2.45, 2.75) is 31.5 Å². The third kappa shape index (κ3) is 2.58. The monoisotopic (exact) mass is 244 g/mol. The Hall–Kier alpha value is -1.15. The molecule has 1 aliphatic rings. The van der Waals surface area contributed by atoms with Gasteiger partial charge in [0.15, 0.2) is 0 Å². The van der Waals surface area contributed by atoms with E-state index in [1.54, 1.807) is 0 Å². The Morgan fingerprint density at radius 1 is 1.24 bits per heavy atom. The molecule has 0 saturated heterocycles. The average Bonchev–Trinajstić information content (AvgIpc) is 2.80. The molecule has 2 heteroatoms. The predicted molar refractivity (Wildman–Crippen MR) is 75.2 cm³/mol. The molecule has 90 valence electrons. The second-order valence-corrected chi connectivity index (χ2v) is 10.2. The molecule has 1 aromatic rings. The first-order valence-electron chi connectivity index (χ1n) is 6.32. The molecule has 0 spiro atoms. The summed E-state index contributed by atoms with van der Waals surface area (Å²) in [5.41, 5.74) is 0.676. The van der Waals surface area contributed by atoms with Crippen molar-refractivity contribution in [3.05, 3.63) is 42.5 Å². The van der Waals surface area contributed by atoms with E-state index in [9.17, 15) is 4.79 Å². The van der Waals surface area contributed by atoms with Crippen LogP contribution in [0.5, 0.6) is 0 Å². The molecule has 1 aliphatic carbocycles. The quantitative estimate of drug-likeness (QED) is 0.452. The van der Waals surface area contributed by atoms with E-state index < -0.39 is 8.07 Å². The summed E-state index contributed by atoms with van der Waals surface area (Å²) in [4.78, 5) is 10.6. The van der Waals surface area contributed by atoms with Crippen LogP contribution in [0.4, 0.5) is 0 Å². The molecule has 0 radical (unpaired) electrons. The van der Waals surface area contributed by atoms with Gasteiger partial charge < -0.3 is 4.79 Å². The number of carbonyl (C=O) groups excluding carboxylic acids is 1. The van der Waals surface area contributed by atoms with Crippen molar-refractivity contribution in [2.75, 3.05) is 0 Å². The molecule has 0 unspecified atom stereocenters. The van der Waals surface area contributed by atoms with Gasteiger partial charge in [-0.1, -0.05) is 60.8 Å². The normalized spacial score (nSPS) is 23.9. The van der Waals surface area contributed by atoms with Crippen LogP contribution in [0, 0.1) is 5.92 Å². The fourth-order valence-electron chi connectivity index (χ4n) is 2.69. The molecule has 1 nitrogen and oxygen atoms in total. The highest BCUT2D eigenvalue weighted by Gasteiger charge is 2.35. The molecule has 0 amide bonds. The minimum absolute atomic E-state index is 0.480. The largest absolute Gasteiger partial charge is 0.303 e. The Morgan fingerprint density at radius 3 is 2.59 bits per heavy atom. The van der Waals surface area contributed by atoms with Gasteiger partial charge in [-0.2, -0.15) is 0 Å². The maximum atomic E-state index is 10.6. The summed E-state index contributed by atoms with van der Waals surface area (Å²) < 4.78 is 0. The van der Waals surface area contributed by atoms with Crippen LogP contribution >= 0.6 is 0 Å². The predicted octanol–water partition coefficient (Wildman–Crippen LogP) is 3.14. The third-order valence-electron chi connectivity index (χ3n) is 4.02. The molecule has 2 rings (SSSR count). The van der Waals surface area contributed by atoms with Crippen molar-refractivity contribution < 1.29 is 4.79 Å².